The van der Waals surface area contributed by atoms with E-state index >= 15 is 0 Å². The summed E-state index contributed by atoms with van der Waals surface area (Å²) in [6.45, 7) is 24.0. The van der Waals surface area contributed by atoms with Crippen LogP contribution in [0.5, 0.6) is 0 Å². The molecule has 0 saturated carbocycles. The van der Waals surface area contributed by atoms with E-state index in [1.807, 2.05) is 46.0 Å². The third-order valence-electron chi connectivity index (χ3n) is 6.87. The highest BCUT2D eigenvalue weighted by molar-refractivity contribution is 6.26. The van der Waals surface area contributed by atoms with Crippen molar-refractivity contribution < 1.29 is 14.3 Å². The van der Waals surface area contributed by atoms with E-state index in [1.54, 1.807) is 13.0 Å². The summed E-state index contributed by atoms with van der Waals surface area (Å²) < 4.78 is 12.5. The van der Waals surface area contributed by atoms with Crippen molar-refractivity contribution in [1.29, 1.82) is 0 Å². The molecule has 2 radical (unpaired) electrons. The third-order valence-corrected chi connectivity index (χ3v) is 6.87. The van der Waals surface area contributed by atoms with Crippen molar-refractivity contribution in [3.8, 4) is 0 Å². The van der Waals surface area contributed by atoms with E-state index in [2.05, 4.69) is 52.2 Å². The summed E-state index contributed by atoms with van der Waals surface area (Å²) in [7, 11) is 8.05. The summed E-state index contributed by atoms with van der Waals surface area (Å²) in [6.07, 6.45) is 14.1. The zero-order chi connectivity index (χ0) is 27.3. The Hall–Kier alpha value is -2.01. The molecule has 35 heavy (non-hydrogen) atoms. The van der Waals surface area contributed by atoms with Gasteiger partial charge in [-0.05, 0) is 70.6 Å². The molecule has 0 amide bonds. The Kier molecular flexibility index (Phi) is 14.3. The molecule has 4 nitrogen and oxygen atoms in total. The summed E-state index contributed by atoms with van der Waals surface area (Å²) in [5.41, 5.74) is 1.97. The van der Waals surface area contributed by atoms with Crippen molar-refractivity contribution in [1.82, 2.24) is 5.32 Å². The molecule has 0 rings (SSSR count). The Bertz CT molecular complexity index is 795. The number of rotatable bonds is 17. The largest absolute Gasteiger partial charge is 0.459 e. The molecule has 0 aromatic heterocycles. The molecular weight excluding hydrogens is 433 g/mol. The lowest BCUT2D eigenvalue weighted by Crippen LogP contribution is -2.38. The molecule has 0 aromatic carbocycles. The van der Waals surface area contributed by atoms with Gasteiger partial charge in [-0.15, -0.1) is 0 Å². The highest BCUT2D eigenvalue weighted by atomic mass is 16.6. The predicted molar refractivity (Wildman–Crippen MR) is 152 cm³/mol. The number of hydrogen-bond acceptors (Lipinski definition) is 4. The Labute approximate surface area is 217 Å². The van der Waals surface area contributed by atoms with Crippen LogP contribution in [0.15, 0.2) is 60.4 Å². The summed E-state index contributed by atoms with van der Waals surface area (Å²) in [5, 5.41) is 2.09. The van der Waals surface area contributed by atoms with Crippen LogP contribution in [0.2, 0.25) is 5.31 Å². The van der Waals surface area contributed by atoms with E-state index in [1.165, 1.54) is 0 Å². The Morgan fingerprint density at radius 2 is 1.54 bits per heavy atom. The number of hydrogen-bond donors (Lipinski definition) is 1. The van der Waals surface area contributed by atoms with Crippen molar-refractivity contribution in [2.24, 2.45) is 0 Å². The number of carbonyl (C=O) groups is 1. The number of likely N-dealkylation sites (N-methyl/N-ethyl adjacent to an activating group) is 1. The summed E-state index contributed by atoms with van der Waals surface area (Å²) >= 11 is 0. The number of ether oxygens (including phenoxy) is 2. The molecule has 0 bridgehead atoms. The van der Waals surface area contributed by atoms with E-state index in [9.17, 15) is 4.79 Å². The van der Waals surface area contributed by atoms with Gasteiger partial charge >= 0.3 is 5.97 Å². The number of nitrogens with one attached hydrogen (secondary N) is 1. The molecule has 0 heterocycles. The molecule has 0 aliphatic rings. The zero-order valence-electron chi connectivity index (χ0n) is 23.9. The van der Waals surface area contributed by atoms with Crippen LogP contribution < -0.4 is 5.32 Å². The molecule has 5 heteroatoms. The summed E-state index contributed by atoms with van der Waals surface area (Å²) in [4.78, 5) is 12.9. The van der Waals surface area contributed by atoms with Gasteiger partial charge in [0.25, 0.3) is 0 Å². The van der Waals surface area contributed by atoms with Crippen molar-refractivity contribution in [3.63, 3.8) is 0 Å². The van der Waals surface area contributed by atoms with E-state index in [4.69, 9.17) is 17.3 Å². The molecule has 0 aliphatic carbocycles. The first kappa shape index (κ1) is 33.0. The van der Waals surface area contributed by atoms with E-state index in [0.29, 0.717) is 25.7 Å². The Balaban J connectivity index is 6.41. The molecule has 0 spiro atoms. The first-order valence-electron chi connectivity index (χ1n) is 13.0. The number of allylic oxidation sites excluding steroid dienone is 6. The smallest absolute Gasteiger partial charge is 0.303 e. The van der Waals surface area contributed by atoms with Gasteiger partial charge in [0.15, 0.2) is 0 Å². The van der Waals surface area contributed by atoms with E-state index in [0.717, 1.165) is 29.7 Å². The second-order valence-electron chi connectivity index (χ2n) is 10.2. The minimum atomic E-state index is -1.01. The molecule has 1 N–H and O–H groups in total. The van der Waals surface area contributed by atoms with E-state index in [-0.39, 0.29) is 17.7 Å². The van der Waals surface area contributed by atoms with Crippen LogP contribution in [0.25, 0.3) is 0 Å². The van der Waals surface area contributed by atoms with Crippen molar-refractivity contribution in [3.05, 3.63) is 60.4 Å². The minimum Gasteiger partial charge on any atom is -0.459 e. The van der Waals surface area contributed by atoms with Gasteiger partial charge in [0.2, 0.25) is 0 Å². The van der Waals surface area contributed by atoms with Crippen LogP contribution in [0.1, 0.15) is 93.9 Å². The fourth-order valence-corrected chi connectivity index (χ4v) is 3.51. The fraction of sp³-hybridized carbons (Fsp3) is 0.633. The molecular formula is C30H50BNO3. The second kappa shape index (κ2) is 15.2. The highest BCUT2D eigenvalue weighted by Crippen LogP contribution is 2.36. The average molecular weight is 484 g/mol. The lowest BCUT2D eigenvalue weighted by Gasteiger charge is -2.37. The Morgan fingerprint density at radius 3 is 1.97 bits per heavy atom. The molecule has 0 saturated heterocycles. The van der Waals surface area contributed by atoms with Crippen LogP contribution in [-0.4, -0.2) is 38.2 Å². The maximum atomic E-state index is 12.9. The van der Waals surface area contributed by atoms with Gasteiger partial charge in [-0.2, -0.15) is 0 Å². The Morgan fingerprint density at radius 1 is 0.971 bits per heavy atom. The monoisotopic (exact) mass is 483 g/mol. The topological polar surface area (TPSA) is 47.6 Å². The second-order valence-corrected chi connectivity index (χ2v) is 10.2. The van der Waals surface area contributed by atoms with Crippen LogP contribution in [0, 0.1) is 0 Å². The average Bonchev–Trinajstić information content (AvgIpc) is 2.83. The van der Waals surface area contributed by atoms with Gasteiger partial charge in [0, 0.05) is 24.5 Å². The van der Waals surface area contributed by atoms with Gasteiger partial charge in [0.1, 0.15) is 5.60 Å². The SMILES string of the molecule is [B]C(C)(CC)C(=O)OC(C)(CC)C/C(=C/C(C=C)=C/C=C(\C=C)NC)CC(C)(CC)OC(C)CC. The van der Waals surface area contributed by atoms with Gasteiger partial charge in [-0.1, -0.05) is 71.6 Å². The van der Waals surface area contributed by atoms with Crippen LogP contribution in [-0.2, 0) is 14.3 Å². The highest BCUT2D eigenvalue weighted by Gasteiger charge is 2.36. The molecule has 0 aliphatic heterocycles. The van der Waals surface area contributed by atoms with Gasteiger partial charge in [-0.25, -0.2) is 0 Å². The quantitative estimate of drug-likeness (QED) is 0.132. The maximum absolute atomic E-state index is 12.9. The third kappa shape index (κ3) is 11.5. The standard InChI is InChI=1S/C30H50BNO3/c1-12-23(7)34-28(8,15-4)21-25(20-24(13-2)18-19-26(14-3)32-11)22-29(9,16-5)35-27(33)30(10,31)17-6/h13-14,18-20,23,32H,2-3,12,15-17,21-22H2,1,4-11H3/b24-18+,25-20+,26-19+. The molecule has 0 fully saturated rings. The molecule has 196 valence electrons. The fourth-order valence-electron chi connectivity index (χ4n) is 3.51. The van der Waals surface area contributed by atoms with Gasteiger partial charge < -0.3 is 14.8 Å². The van der Waals surface area contributed by atoms with Crippen LogP contribution >= 0.6 is 0 Å². The normalized spacial score (nSPS) is 19.1. The van der Waals surface area contributed by atoms with E-state index < -0.39 is 10.9 Å². The van der Waals surface area contributed by atoms with Crippen molar-refractivity contribution in [2.45, 2.75) is 117 Å². The first-order chi connectivity index (χ1) is 16.3. The summed E-state index contributed by atoms with van der Waals surface area (Å²) in [6, 6.07) is 0. The number of carbonyl (C=O) groups excluding carboxylic acids is 1. The molecule has 4 unspecified atom stereocenters. The lowest BCUT2D eigenvalue weighted by atomic mass is 9.68. The minimum absolute atomic E-state index is 0.155. The first-order valence-corrected chi connectivity index (χ1v) is 13.0. The number of esters is 1. The van der Waals surface area contributed by atoms with Gasteiger partial charge in [0.05, 0.1) is 19.6 Å². The predicted octanol–water partition coefficient (Wildman–Crippen LogP) is 7.55. The van der Waals surface area contributed by atoms with Crippen LogP contribution in [0.4, 0.5) is 0 Å². The van der Waals surface area contributed by atoms with Crippen LogP contribution in [0.3, 0.4) is 0 Å². The molecule has 4 atom stereocenters. The van der Waals surface area contributed by atoms with Crippen molar-refractivity contribution >= 4 is 13.8 Å². The van der Waals surface area contributed by atoms with Crippen molar-refractivity contribution in [2.75, 3.05) is 7.05 Å². The van der Waals surface area contributed by atoms with Gasteiger partial charge in [-0.3, -0.25) is 4.79 Å². The summed E-state index contributed by atoms with van der Waals surface area (Å²) in [5.74, 6) is -0.370. The lowest BCUT2D eigenvalue weighted by molar-refractivity contribution is -0.162. The molecule has 0 aromatic rings. The maximum Gasteiger partial charge on any atom is 0.303 e. The zero-order valence-corrected chi connectivity index (χ0v) is 23.9.